The first-order chi connectivity index (χ1) is 15.7. The second-order valence-electron chi connectivity index (χ2n) is 7.98. The highest BCUT2D eigenvalue weighted by Crippen LogP contribution is 2.30. The van der Waals surface area contributed by atoms with Crippen molar-refractivity contribution in [1.82, 2.24) is 14.9 Å². The van der Waals surface area contributed by atoms with Gasteiger partial charge in [-0.1, -0.05) is 46.3 Å². The van der Waals surface area contributed by atoms with Crippen molar-refractivity contribution in [2.24, 2.45) is 0 Å². The summed E-state index contributed by atoms with van der Waals surface area (Å²) in [6.07, 6.45) is 3.39. The SMILES string of the molecule is O=C(c1ccc(Nc2nc(-c3ccccc3)c3cc(Br)ccc3n2)cc1)N1CCCCC1. The third-order valence-electron chi connectivity index (χ3n) is 5.74. The fourth-order valence-electron chi connectivity index (χ4n) is 4.08. The van der Waals surface area contributed by atoms with E-state index in [-0.39, 0.29) is 5.91 Å². The molecule has 1 N–H and O–H groups in total. The van der Waals surface area contributed by atoms with Crippen LogP contribution in [0.5, 0.6) is 0 Å². The molecule has 5 rings (SSSR count). The average Bonchev–Trinajstić information content (AvgIpc) is 2.85. The summed E-state index contributed by atoms with van der Waals surface area (Å²) in [6, 6.07) is 23.7. The van der Waals surface area contributed by atoms with Crippen LogP contribution in [0.15, 0.2) is 77.3 Å². The fourth-order valence-corrected chi connectivity index (χ4v) is 4.44. The minimum absolute atomic E-state index is 0.107. The van der Waals surface area contributed by atoms with Crippen LogP contribution >= 0.6 is 15.9 Å². The summed E-state index contributed by atoms with van der Waals surface area (Å²) in [7, 11) is 0. The van der Waals surface area contributed by atoms with E-state index in [2.05, 4.69) is 21.2 Å². The van der Waals surface area contributed by atoms with Gasteiger partial charge in [0.15, 0.2) is 0 Å². The zero-order chi connectivity index (χ0) is 21.9. The predicted octanol–water partition coefficient (Wildman–Crippen LogP) is 6.43. The number of hydrogen-bond donors (Lipinski definition) is 1. The Bertz CT molecular complexity index is 1250. The molecule has 0 radical (unpaired) electrons. The molecule has 0 bridgehead atoms. The van der Waals surface area contributed by atoms with E-state index in [4.69, 9.17) is 9.97 Å². The molecular formula is C26H23BrN4O. The van der Waals surface area contributed by atoms with Gasteiger partial charge in [-0.2, -0.15) is 0 Å². The van der Waals surface area contributed by atoms with E-state index in [0.717, 1.165) is 58.3 Å². The zero-order valence-corrected chi connectivity index (χ0v) is 19.2. The molecule has 1 fully saturated rings. The molecule has 0 aliphatic carbocycles. The number of benzene rings is 3. The number of nitrogens with one attached hydrogen (secondary N) is 1. The first-order valence-electron chi connectivity index (χ1n) is 10.9. The van der Waals surface area contributed by atoms with Crippen LogP contribution in [0.3, 0.4) is 0 Å². The molecule has 1 aliphatic rings. The zero-order valence-electron chi connectivity index (χ0n) is 17.6. The van der Waals surface area contributed by atoms with Crippen molar-refractivity contribution in [1.29, 1.82) is 0 Å². The number of anilines is 2. The van der Waals surface area contributed by atoms with E-state index in [1.165, 1.54) is 6.42 Å². The standard InChI is InChI=1S/C26H23BrN4O/c27-20-11-14-23-22(17-20)24(18-7-3-1-4-8-18)30-26(29-23)28-21-12-9-19(10-13-21)25(32)31-15-5-2-6-16-31/h1,3-4,7-14,17H,2,5-6,15-16H2,(H,28,29,30). The Morgan fingerprint density at radius 1 is 0.875 bits per heavy atom. The Labute approximate surface area is 195 Å². The first-order valence-corrected chi connectivity index (χ1v) is 11.7. The van der Waals surface area contributed by atoms with Crippen molar-refractivity contribution >= 4 is 44.4 Å². The van der Waals surface area contributed by atoms with E-state index >= 15 is 0 Å². The monoisotopic (exact) mass is 486 g/mol. The Morgan fingerprint density at radius 2 is 1.62 bits per heavy atom. The number of fused-ring (bicyclic) bond motifs is 1. The van der Waals surface area contributed by atoms with Gasteiger partial charge in [-0.05, 0) is 61.7 Å². The molecule has 5 nitrogen and oxygen atoms in total. The summed E-state index contributed by atoms with van der Waals surface area (Å²) in [5, 5.41) is 4.29. The third-order valence-corrected chi connectivity index (χ3v) is 6.23. The Hall–Kier alpha value is -3.25. The maximum Gasteiger partial charge on any atom is 0.253 e. The van der Waals surface area contributed by atoms with E-state index in [1.807, 2.05) is 77.7 Å². The third kappa shape index (κ3) is 4.36. The highest BCUT2D eigenvalue weighted by Gasteiger charge is 2.18. The molecule has 2 heterocycles. The maximum absolute atomic E-state index is 12.7. The molecule has 3 aromatic carbocycles. The van der Waals surface area contributed by atoms with Gasteiger partial charge in [-0.25, -0.2) is 9.97 Å². The van der Waals surface area contributed by atoms with Crippen LogP contribution < -0.4 is 5.32 Å². The lowest BCUT2D eigenvalue weighted by atomic mass is 10.1. The normalized spacial score (nSPS) is 13.8. The minimum atomic E-state index is 0.107. The van der Waals surface area contributed by atoms with Gasteiger partial charge < -0.3 is 10.2 Å². The van der Waals surface area contributed by atoms with Gasteiger partial charge in [0.05, 0.1) is 11.2 Å². The van der Waals surface area contributed by atoms with Gasteiger partial charge in [-0.15, -0.1) is 0 Å². The average molecular weight is 487 g/mol. The summed E-state index contributed by atoms with van der Waals surface area (Å²) in [5.74, 6) is 0.629. The second-order valence-corrected chi connectivity index (χ2v) is 8.89. The van der Waals surface area contributed by atoms with Crippen LogP contribution in [0.25, 0.3) is 22.2 Å². The molecule has 32 heavy (non-hydrogen) atoms. The largest absolute Gasteiger partial charge is 0.339 e. The number of piperidine rings is 1. The quantitative estimate of drug-likeness (QED) is 0.361. The number of carbonyl (C=O) groups excluding carboxylic acids is 1. The van der Waals surface area contributed by atoms with Gasteiger partial charge in [-0.3, -0.25) is 4.79 Å². The van der Waals surface area contributed by atoms with Gasteiger partial charge in [0.25, 0.3) is 5.91 Å². The minimum Gasteiger partial charge on any atom is -0.339 e. The molecular weight excluding hydrogens is 464 g/mol. The second kappa shape index (κ2) is 9.09. The first kappa shape index (κ1) is 20.6. The van der Waals surface area contributed by atoms with Gasteiger partial charge in [0.2, 0.25) is 5.95 Å². The fraction of sp³-hybridized carbons (Fsp3) is 0.192. The summed E-state index contributed by atoms with van der Waals surface area (Å²) in [4.78, 5) is 24.2. The lowest BCUT2D eigenvalue weighted by molar-refractivity contribution is 0.0724. The molecule has 0 atom stereocenters. The van der Waals surface area contributed by atoms with Gasteiger partial charge in [0, 0.05) is 39.8 Å². The molecule has 1 aromatic heterocycles. The van der Waals surface area contributed by atoms with Crippen LogP contribution in [0, 0.1) is 0 Å². The van der Waals surface area contributed by atoms with Gasteiger partial charge in [0.1, 0.15) is 0 Å². The maximum atomic E-state index is 12.7. The molecule has 0 spiro atoms. The number of likely N-dealkylation sites (tertiary alicyclic amines) is 1. The van der Waals surface area contributed by atoms with Crippen molar-refractivity contribution in [3.8, 4) is 11.3 Å². The van der Waals surface area contributed by atoms with Crippen molar-refractivity contribution in [3.05, 3.63) is 82.8 Å². The number of nitrogens with zero attached hydrogens (tertiary/aromatic N) is 3. The summed E-state index contributed by atoms with van der Waals surface area (Å²) in [5.41, 5.74) is 4.32. The van der Waals surface area contributed by atoms with Crippen molar-refractivity contribution in [2.75, 3.05) is 18.4 Å². The van der Waals surface area contributed by atoms with Crippen LogP contribution in [0.2, 0.25) is 0 Å². The van der Waals surface area contributed by atoms with Crippen LogP contribution in [-0.4, -0.2) is 33.9 Å². The number of halogens is 1. The smallest absolute Gasteiger partial charge is 0.253 e. The Kier molecular flexibility index (Phi) is 5.86. The van der Waals surface area contributed by atoms with Crippen molar-refractivity contribution < 1.29 is 4.79 Å². The van der Waals surface area contributed by atoms with Gasteiger partial charge >= 0.3 is 0 Å². The topological polar surface area (TPSA) is 58.1 Å². The summed E-state index contributed by atoms with van der Waals surface area (Å²) in [6.45, 7) is 1.70. The highest BCUT2D eigenvalue weighted by atomic mass is 79.9. The molecule has 1 amide bonds. The Morgan fingerprint density at radius 3 is 2.38 bits per heavy atom. The molecule has 1 saturated heterocycles. The summed E-state index contributed by atoms with van der Waals surface area (Å²) < 4.78 is 0.987. The number of aromatic nitrogens is 2. The summed E-state index contributed by atoms with van der Waals surface area (Å²) >= 11 is 3.56. The lowest BCUT2D eigenvalue weighted by Crippen LogP contribution is -2.35. The van der Waals surface area contributed by atoms with Crippen LogP contribution in [0.1, 0.15) is 29.6 Å². The number of amides is 1. The number of rotatable bonds is 4. The number of carbonyl (C=O) groups is 1. The van der Waals surface area contributed by atoms with Crippen molar-refractivity contribution in [3.63, 3.8) is 0 Å². The van der Waals surface area contributed by atoms with Crippen LogP contribution in [0.4, 0.5) is 11.6 Å². The van der Waals surface area contributed by atoms with E-state index < -0.39 is 0 Å². The van der Waals surface area contributed by atoms with Crippen LogP contribution in [-0.2, 0) is 0 Å². The molecule has 0 unspecified atom stereocenters. The van der Waals surface area contributed by atoms with Crippen molar-refractivity contribution in [2.45, 2.75) is 19.3 Å². The highest BCUT2D eigenvalue weighted by molar-refractivity contribution is 9.10. The molecule has 6 heteroatoms. The molecule has 1 aliphatic heterocycles. The van der Waals surface area contributed by atoms with E-state index in [9.17, 15) is 4.79 Å². The van der Waals surface area contributed by atoms with E-state index in [0.29, 0.717) is 11.5 Å². The molecule has 4 aromatic rings. The predicted molar refractivity (Wildman–Crippen MR) is 132 cm³/mol. The molecule has 0 saturated carbocycles. The van der Waals surface area contributed by atoms with E-state index in [1.54, 1.807) is 0 Å². The number of hydrogen-bond acceptors (Lipinski definition) is 4. The Balaban J connectivity index is 1.44. The lowest BCUT2D eigenvalue weighted by Gasteiger charge is -2.26. The molecule has 160 valence electrons.